The minimum Gasteiger partial charge on any atom is -0.374 e. The van der Waals surface area contributed by atoms with Gasteiger partial charge in [-0.15, -0.1) is 0 Å². The standard InChI is InChI=1S/C7H10N2/c1-2-4-7-6(3-1)8-5-9-7/h1-3,7-9H,4-5H2. The predicted molar refractivity (Wildman–Crippen MR) is 36.8 cm³/mol. The molecule has 1 saturated heterocycles. The van der Waals surface area contributed by atoms with Gasteiger partial charge in [-0.25, -0.2) is 0 Å². The second kappa shape index (κ2) is 1.88. The molecule has 0 radical (unpaired) electrons. The van der Waals surface area contributed by atoms with Crippen LogP contribution in [0.25, 0.3) is 0 Å². The lowest BCUT2D eigenvalue weighted by Crippen LogP contribution is -2.22. The van der Waals surface area contributed by atoms with Gasteiger partial charge in [-0.2, -0.15) is 0 Å². The van der Waals surface area contributed by atoms with Gasteiger partial charge in [0.2, 0.25) is 0 Å². The molecule has 2 N–H and O–H groups in total. The van der Waals surface area contributed by atoms with Gasteiger partial charge in [-0.1, -0.05) is 12.2 Å². The van der Waals surface area contributed by atoms with Crippen LogP contribution in [0.15, 0.2) is 23.9 Å². The Bertz CT molecular complexity index is 170. The van der Waals surface area contributed by atoms with E-state index >= 15 is 0 Å². The minimum atomic E-state index is 0.579. The van der Waals surface area contributed by atoms with Crippen molar-refractivity contribution in [3.63, 3.8) is 0 Å². The predicted octanol–water partition coefficient (Wildman–Crippen LogP) is 0.349. The summed E-state index contributed by atoms with van der Waals surface area (Å²) in [6.07, 6.45) is 7.56. The number of hydrogen-bond donors (Lipinski definition) is 2. The fraction of sp³-hybridized carbons (Fsp3) is 0.429. The van der Waals surface area contributed by atoms with E-state index in [0.29, 0.717) is 6.04 Å². The van der Waals surface area contributed by atoms with Crippen LogP contribution in [0, 0.1) is 0 Å². The molecular weight excluding hydrogens is 112 g/mol. The Morgan fingerprint density at radius 2 is 2.56 bits per heavy atom. The van der Waals surface area contributed by atoms with Gasteiger partial charge in [0.25, 0.3) is 0 Å². The highest BCUT2D eigenvalue weighted by Gasteiger charge is 2.18. The van der Waals surface area contributed by atoms with Crippen LogP contribution in [0.3, 0.4) is 0 Å². The van der Waals surface area contributed by atoms with Crippen LogP contribution in [-0.2, 0) is 0 Å². The number of rotatable bonds is 0. The Hall–Kier alpha value is -0.760. The lowest BCUT2D eigenvalue weighted by atomic mass is 10.1. The summed E-state index contributed by atoms with van der Waals surface area (Å²) in [7, 11) is 0. The van der Waals surface area contributed by atoms with E-state index in [2.05, 4.69) is 28.9 Å². The molecule has 0 aromatic heterocycles. The van der Waals surface area contributed by atoms with Crippen molar-refractivity contribution in [1.29, 1.82) is 0 Å². The van der Waals surface area contributed by atoms with E-state index in [-0.39, 0.29) is 0 Å². The van der Waals surface area contributed by atoms with E-state index in [9.17, 15) is 0 Å². The zero-order valence-electron chi connectivity index (χ0n) is 5.22. The average Bonchev–Trinajstić information content (AvgIpc) is 2.33. The van der Waals surface area contributed by atoms with Crippen molar-refractivity contribution in [3.8, 4) is 0 Å². The Morgan fingerprint density at radius 3 is 3.44 bits per heavy atom. The van der Waals surface area contributed by atoms with E-state index < -0.39 is 0 Å². The summed E-state index contributed by atoms with van der Waals surface area (Å²) >= 11 is 0. The first kappa shape index (κ1) is 5.06. The molecule has 2 heteroatoms. The summed E-state index contributed by atoms with van der Waals surface area (Å²) in [4.78, 5) is 0. The molecule has 2 aliphatic rings. The van der Waals surface area contributed by atoms with Crippen LogP contribution in [0.2, 0.25) is 0 Å². The molecule has 1 aliphatic heterocycles. The maximum atomic E-state index is 3.33. The van der Waals surface area contributed by atoms with Crippen molar-refractivity contribution in [2.24, 2.45) is 0 Å². The second-order valence-electron chi connectivity index (χ2n) is 2.40. The zero-order chi connectivity index (χ0) is 6.10. The first-order chi connectivity index (χ1) is 4.47. The molecule has 0 spiro atoms. The van der Waals surface area contributed by atoms with Crippen molar-refractivity contribution in [2.45, 2.75) is 12.5 Å². The normalized spacial score (nSPS) is 31.1. The largest absolute Gasteiger partial charge is 0.374 e. The first-order valence-corrected chi connectivity index (χ1v) is 3.31. The summed E-state index contributed by atoms with van der Waals surface area (Å²) in [5.74, 6) is 0. The van der Waals surface area contributed by atoms with E-state index in [4.69, 9.17) is 0 Å². The summed E-state index contributed by atoms with van der Waals surface area (Å²) in [6, 6.07) is 0.579. The highest BCUT2D eigenvalue weighted by atomic mass is 15.2. The molecule has 0 saturated carbocycles. The van der Waals surface area contributed by atoms with Crippen molar-refractivity contribution in [2.75, 3.05) is 6.67 Å². The van der Waals surface area contributed by atoms with Gasteiger partial charge < -0.3 is 5.32 Å². The summed E-state index contributed by atoms with van der Waals surface area (Å²) in [5, 5.41) is 6.59. The fourth-order valence-electron chi connectivity index (χ4n) is 1.28. The lowest BCUT2D eigenvalue weighted by molar-refractivity contribution is 0.667. The van der Waals surface area contributed by atoms with E-state index in [1.165, 1.54) is 5.70 Å². The zero-order valence-corrected chi connectivity index (χ0v) is 5.22. The highest BCUT2D eigenvalue weighted by molar-refractivity contribution is 5.24. The molecule has 1 fully saturated rings. The van der Waals surface area contributed by atoms with Crippen LogP contribution < -0.4 is 10.6 Å². The van der Waals surface area contributed by atoms with Gasteiger partial charge in [-0.3, -0.25) is 5.32 Å². The fourth-order valence-corrected chi connectivity index (χ4v) is 1.28. The van der Waals surface area contributed by atoms with Gasteiger partial charge in [0.1, 0.15) is 0 Å². The van der Waals surface area contributed by atoms with E-state index in [0.717, 1.165) is 13.1 Å². The van der Waals surface area contributed by atoms with Gasteiger partial charge in [0.05, 0.1) is 12.7 Å². The molecule has 1 atom stereocenters. The summed E-state index contributed by atoms with van der Waals surface area (Å²) < 4.78 is 0. The van der Waals surface area contributed by atoms with Crippen LogP contribution in [0.5, 0.6) is 0 Å². The molecule has 2 rings (SSSR count). The number of fused-ring (bicyclic) bond motifs is 1. The van der Waals surface area contributed by atoms with Crippen molar-refractivity contribution in [3.05, 3.63) is 23.9 Å². The molecule has 1 unspecified atom stereocenters. The Labute approximate surface area is 54.6 Å². The monoisotopic (exact) mass is 122 g/mol. The SMILES string of the molecule is C1=CCC2NCNC2=C1. The van der Waals surface area contributed by atoms with Crippen molar-refractivity contribution >= 4 is 0 Å². The maximum Gasteiger partial charge on any atom is 0.0656 e. The molecule has 0 amide bonds. The van der Waals surface area contributed by atoms with E-state index in [1.54, 1.807) is 0 Å². The van der Waals surface area contributed by atoms with Crippen LogP contribution in [0.4, 0.5) is 0 Å². The van der Waals surface area contributed by atoms with Crippen molar-refractivity contribution in [1.82, 2.24) is 10.6 Å². The van der Waals surface area contributed by atoms with Crippen LogP contribution in [0.1, 0.15) is 6.42 Å². The topological polar surface area (TPSA) is 24.1 Å². The lowest BCUT2D eigenvalue weighted by Gasteiger charge is -2.10. The Kier molecular flexibility index (Phi) is 1.06. The smallest absolute Gasteiger partial charge is 0.0656 e. The quantitative estimate of drug-likeness (QED) is 0.484. The third kappa shape index (κ3) is 0.754. The minimum absolute atomic E-state index is 0.579. The Morgan fingerprint density at radius 1 is 1.56 bits per heavy atom. The maximum absolute atomic E-state index is 3.33. The number of hydrogen-bond acceptors (Lipinski definition) is 2. The third-order valence-corrected chi connectivity index (χ3v) is 1.80. The van der Waals surface area contributed by atoms with Crippen LogP contribution >= 0.6 is 0 Å². The van der Waals surface area contributed by atoms with Crippen molar-refractivity contribution < 1.29 is 0 Å². The number of allylic oxidation sites excluding steroid dienone is 2. The third-order valence-electron chi connectivity index (χ3n) is 1.80. The average molecular weight is 122 g/mol. The highest BCUT2D eigenvalue weighted by Crippen LogP contribution is 2.12. The van der Waals surface area contributed by atoms with Gasteiger partial charge in [0.15, 0.2) is 0 Å². The number of nitrogens with one attached hydrogen (secondary N) is 2. The molecule has 0 aromatic carbocycles. The van der Waals surface area contributed by atoms with Crippen LogP contribution in [-0.4, -0.2) is 12.7 Å². The molecular formula is C7H10N2. The van der Waals surface area contributed by atoms with Gasteiger partial charge >= 0.3 is 0 Å². The van der Waals surface area contributed by atoms with Gasteiger partial charge in [-0.05, 0) is 12.5 Å². The molecule has 0 bridgehead atoms. The molecule has 2 nitrogen and oxygen atoms in total. The second-order valence-corrected chi connectivity index (χ2v) is 2.40. The molecule has 48 valence electrons. The summed E-state index contributed by atoms with van der Waals surface area (Å²) in [5.41, 5.74) is 1.34. The molecule has 9 heavy (non-hydrogen) atoms. The van der Waals surface area contributed by atoms with Gasteiger partial charge in [0, 0.05) is 5.70 Å². The molecule has 0 aromatic rings. The molecule has 1 aliphatic carbocycles. The Balaban J connectivity index is 2.23. The van der Waals surface area contributed by atoms with E-state index in [1.807, 2.05) is 0 Å². The molecule has 1 heterocycles. The summed E-state index contributed by atoms with van der Waals surface area (Å²) in [6.45, 7) is 0.929. The first-order valence-electron chi connectivity index (χ1n) is 3.31.